The summed E-state index contributed by atoms with van der Waals surface area (Å²) in [6.45, 7) is 2.43. The van der Waals surface area contributed by atoms with Gasteiger partial charge in [-0.25, -0.2) is 28.6 Å². The maximum Gasteiger partial charge on any atom is 0.301 e. The third kappa shape index (κ3) is 6.13. The van der Waals surface area contributed by atoms with Crippen LogP contribution in [-0.4, -0.2) is 75.2 Å². The van der Waals surface area contributed by atoms with Crippen molar-refractivity contribution in [3.05, 3.63) is 47.5 Å². The van der Waals surface area contributed by atoms with Crippen molar-refractivity contribution in [2.45, 2.75) is 50.5 Å². The standard InChI is InChI=1S/C28H35FN6O6S/c1-39-16-18-9-12-34(13-10-18)24-15-23(28(36)33-42(37,38)32-21-11-14-40-41-17-21)30-27-25(24)26(19-3-2-4-19)31-35(27)22-7-5-20(29)6-8-22/h5-8,15,18-19,21,32H,2-4,9-14,16-17H2,1H3,(H,33,36). The topological polar surface area (TPSA) is 137 Å². The Morgan fingerprint density at radius 1 is 1.12 bits per heavy atom. The first-order chi connectivity index (χ1) is 20.3. The van der Waals surface area contributed by atoms with Gasteiger partial charge in [-0.05, 0) is 68.4 Å². The molecule has 0 bridgehead atoms. The summed E-state index contributed by atoms with van der Waals surface area (Å²) in [5, 5.41) is 5.80. The molecule has 2 aromatic heterocycles. The summed E-state index contributed by atoms with van der Waals surface area (Å²) in [4.78, 5) is 30.0. The van der Waals surface area contributed by atoms with Crippen LogP contribution in [-0.2, 0) is 24.7 Å². The number of benzene rings is 1. The van der Waals surface area contributed by atoms with Crippen molar-refractivity contribution in [1.29, 1.82) is 0 Å². The number of methoxy groups -OCH3 is 1. The number of hydrogen-bond acceptors (Lipinski definition) is 9. The van der Waals surface area contributed by atoms with Crippen molar-refractivity contribution >= 4 is 32.8 Å². The highest BCUT2D eigenvalue weighted by Crippen LogP contribution is 2.43. The van der Waals surface area contributed by atoms with E-state index in [0.29, 0.717) is 30.3 Å². The van der Waals surface area contributed by atoms with E-state index < -0.39 is 22.2 Å². The monoisotopic (exact) mass is 602 g/mol. The van der Waals surface area contributed by atoms with Gasteiger partial charge in [0, 0.05) is 32.7 Å². The summed E-state index contributed by atoms with van der Waals surface area (Å²) < 4.78 is 51.1. The minimum atomic E-state index is -4.22. The van der Waals surface area contributed by atoms with Crippen LogP contribution in [0.4, 0.5) is 10.1 Å². The molecule has 3 aromatic rings. The van der Waals surface area contributed by atoms with Crippen LogP contribution in [0.1, 0.15) is 60.6 Å². The molecule has 0 spiro atoms. The van der Waals surface area contributed by atoms with Crippen LogP contribution < -0.4 is 14.3 Å². The normalized spacial score (nSPS) is 20.5. The Bertz CT molecular complexity index is 1530. The maximum absolute atomic E-state index is 13.8. The molecule has 2 saturated heterocycles. The average molecular weight is 603 g/mol. The van der Waals surface area contributed by atoms with Crippen molar-refractivity contribution in [3.63, 3.8) is 0 Å². The molecular weight excluding hydrogens is 567 g/mol. The Hall–Kier alpha value is -3.17. The lowest BCUT2D eigenvalue weighted by atomic mass is 9.82. The van der Waals surface area contributed by atoms with Crippen LogP contribution in [0.25, 0.3) is 16.7 Å². The summed E-state index contributed by atoms with van der Waals surface area (Å²) in [5.41, 5.74) is 2.64. The zero-order chi connectivity index (χ0) is 29.3. The van der Waals surface area contributed by atoms with Crippen molar-refractivity contribution in [3.8, 4) is 5.69 Å². The van der Waals surface area contributed by atoms with E-state index in [1.54, 1.807) is 30.0 Å². The largest absolute Gasteiger partial charge is 0.384 e. The molecular formula is C28H35FN6O6S. The van der Waals surface area contributed by atoms with Crippen LogP contribution in [0.5, 0.6) is 0 Å². The lowest BCUT2D eigenvalue weighted by molar-refractivity contribution is -0.316. The molecule has 3 aliphatic rings. The number of amides is 1. The Morgan fingerprint density at radius 2 is 1.88 bits per heavy atom. The van der Waals surface area contributed by atoms with Crippen LogP contribution in [0.15, 0.2) is 30.3 Å². The van der Waals surface area contributed by atoms with Crippen molar-refractivity contribution in [2.75, 3.05) is 44.9 Å². The molecule has 2 aliphatic heterocycles. The molecule has 1 aliphatic carbocycles. The van der Waals surface area contributed by atoms with Gasteiger partial charge < -0.3 is 9.64 Å². The third-order valence-corrected chi connectivity index (χ3v) is 9.35. The van der Waals surface area contributed by atoms with E-state index in [0.717, 1.165) is 62.0 Å². The van der Waals surface area contributed by atoms with Crippen LogP contribution >= 0.6 is 0 Å². The zero-order valence-corrected chi connectivity index (χ0v) is 24.2. The predicted molar refractivity (Wildman–Crippen MR) is 152 cm³/mol. The van der Waals surface area contributed by atoms with Crippen molar-refractivity contribution in [1.82, 2.24) is 24.2 Å². The highest BCUT2D eigenvalue weighted by Gasteiger charge is 2.32. The Balaban J connectivity index is 1.41. The number of carbonyl (C=O) groups is 1. The van der Waals surface area contributed by atoms with Gasteiger partial charge >= 0.3 is 10.2 Å². The number of fused-ring (bicyclic) bond motifs is 1. The minimum Gasteiger partial charge on any atom is -0.384 e. The van der Waals surface area contributed by atoms with E-state index in [4.69, 9.17) is 19.6 Å². The number of aromatic nitrogens is 3. The molecule has 12 nitrogen and oxygen atoms in total. The molecule has 1 atom stereocenters. The van der Waals surface area contributed by atoms with Crippen LogP contribution in [0.3, 0.4) is 0 Å². The van der Waals surface area contributed by atoms with E-state index in [1.165, 1.54) is 12.1 Å². The Morgan fingerprint density at radius 3 is 2.52 bits per heavy atom. The summed E-state index contributed by atoms with van der Waals surface area (Å²) >= 11 is 0. The van der Waals surface area contributed by atoms with Gasteiger partial charge in [-0.3, -0.25) is 4.79 Å². The molecule has 42 heavy (non-hydrogen) atoms. The molecule has 1 amide bonds. The van der Waals surface area contributed by atoms with Gasteiger partial charge in [0.15, 0.2) is 5.65 Å². The van der Waals surface area contributed by atoms with Gasteiger partial charge in [-0.15, -0.1) is 0 Å². The van der Waals surface area contributed by atoms with E-state index in [-0.39, 0.29) is 30.6 Å². The highest BCUT2D eigenvalue weighted by atomic mass is 32.2. The number of nitrogens with one attached hydrogen (secondary N) is 2. The lowest BCUT2D eigenvalue weighted by Gasteiger charge is -2.34. The van der Waals surface area contributed by atoms with Gasteiger partial charge in [0.05, 0.1) is 41.7 Å². The molecule has 2 N–H and O–H groups in total. The summed E-state index contributed by atoms with van der Waals surface area (Å²) in [6.07, 6.45) is 5.32. The number of ether oxygens (including phenoxy) is 1. The number of halogens is 1. The first-order valence-electron chi connectivity index (χ1n) is 14.3. The van der Waals surface area contributed by atoms with Gasteiger partial charge in [-0.2, -0.15) is 18.2 Å². The van der Waals surface area contributed by atoms with E-state index in [9.17, 15) is 17.6 Å². The number of pyridine rings is 1. The van der Waals surface area contributed by atoms with E-state index >= 15 is 0 Å². The van der Waals surface area contributed by atoms with Gasteiger partial charge in [0.2, 0.25) is 0 Å². The molecule has 1 aromatic carbocycles. The van der Waals surface area contributed by atoms with E-state index in [2.05, 4.69) is 19.3 Å². The summed E-state index contributed by atoms with van der Waals surface area (Å²) in [7, 11) is -2.52. The second-order valence-corrected chi connectivity index (χ2v) is 12.6. The van der Waals surface area contributed by atoms with Gasteiger partial charge in [0.1, 0.15) is 11.5 Å². The summed E-state index contributed by atoms with van der Waals surface area (Å²) in [6, 6.07) is 7.06. The molecule has 3 fully saturated rings. The van der Waals surface area contributed by atoms with Crippen molar-refractivity contribution in [2.24, 2.45) is 5.92 Å². The number of hydrogen-bond donors (Lipinski definition) is 2. The lowest BCUT2D eigenvalue weighted by Crippen LogP contribution is -2.48. The number of rotatable bonds is 9. The Labute approximate surface area is 243 Å². The van der Waals surface area contributed by atoms with Gasteiger partial charge in [0.25, 0.3) is 5.91 Å². The SMILES string of the molecule is COCC1CCN(c2cc(C(=O)NS(=O)(=O)NC3CCOOC3)nc3c2c(C2CCC2)nn3-c2ccc(F)cc2)CC1. The highest BCUT2D eigenvalue weighted by molar-refractivity contribution is 7.88. The second-order valence-electron chi connectivity index (χ2n) is 11.2. The maximum atomic E-state index is 13.8. The molecule has 4 heterocycles. The number of piperidine rings is 1. The first-order valence-corrected chi connectivity index (χ1v) is 15.8. The minimum absolute atomic E-state index is 0.0310. The number of carbonyl (C=O) groups excluding carboxylic acids is 1. The summed E-state index contributed by atoms with van der Waals surface area (Å²) in [5.74, 6) is -0.573. The van der Waals surface area contributed by atoms with Crippen LogP contribution in [0, 0.1) is 11.7 Å². The van der Waals surface area contributed by atoms with Gasteiger partial charge in [-0.1, -0.05) is 6.42 Å². The molecule has 0 radical (unpaired) electrons. The van der Waals surface area contributed by atoms with Crippen LogP contribution in [0.2, 0.25) is 0 Å². The fraction of sp³-hybridized carbons (Fsp3) is 0.536. The Kier molecular flexibility index (Phi) is 8.41. The molecule has 226 valence electrons. The van der Waals surface area contributed by atoms with Crippen molar-refractivity contribution < 1.29 is 32.1 Å². The fourth-order valence-corrected chi connectivity index (χ4v) is 6.81. The average Bonchev–Trinajstić information content (AvgIpc) is 3.31. The fourth-order valence-electron chi connectivity index (χ4n) is 5.77. The first kappa shape index (κ1) is 28.9. The second kappa shape index (κ2) is 12.2. The quantitative estimate of drug-likeness (QED) is 0.354. The molecule has 1 unspecified atom stereocenters. The third-order valence-electron chi connectivity index (χ3n) is 8.25. The smallest absolute Gasteiger partial charge is 0.301 e. The zero-order valence-electron chi connectivity index (χ0n) is 23.4. The molecule has 14 heteroatoms. The number of anilines is 1. The van der Waals surface area contributed by atoms with E-state index in [1.807, 2.05) is 0 Å². The molecule has 1 saturated carbocycles. The predicted octanol–water partition coefficient (Wildman–Crippen LogP) is 2.97. The molecule has 6 rings (SSSR count). The number of nitrogens with zero attached hydrogens (tertiary/aromatic N) is 4.